The monoisotopic (exact) mass is 603 g/mol. The number of aromatic amines is 1. The number of halogens is 6. The number of hydrogen-bond acceptors (Lipinski definition) is 7. The van der Waals surface area contributed by atoms with E-state index in [0.29, 0.717) is 24.8 Å². The molecule has 0 amide bonds. The molecule has 0 bridgehead atoms. The summed E-state index contributed by atoms with van der Waals surface area (Å²) in [5.41, 5.74) is 9.62. The predicted octanol–water partition coefficient (Wildman–Crippen LogP) is 3.76. The summed E-state index contributed by atoms with van der Waals surface area (Å²) < 4.78 is 63.5. The fourth-order valence-electron chi connectivity index (χ4n) is 3.40. The number of carboxylic acid groups (broad SMARTS) is 2. The smallest absolute Gasteiger partial charge is 0.475 e. The van der Waals surface area contributed by atoms with E-state index < -0.39 is 24.3 Å². The largest absolute Gasteiger partial charge is 0.490 e. The number of pyridine rings is 1. The molecule has 228 valence electrons. The van der Waals surface area contributed by atoms with Gasteiger partial charge in [-0.05, 0) is 42.6 Å². The Morgan fingerprint density at radius 3 is 1.81 bits per heavy atom. The van der Waals surface area contributed by atoms with Crippen LogP contribution in [0.3, 0.4) is 0 Å². The van der Waals surface area contributed by atoms with Gasteiger partial charge in [0.05, 0.1) is 0 Å². The van der Waals surface area contributed by atoms with Crippen molar-refractivity contribution in [3.63, 3.8) is 0 Å². The molecule has 0 aliphatic heterocycles. The first kappa shape index (κ1) is 33.9. The number of aromatic nitrogens is 3. The molecular formula is C26H27F6N5O5. The van der Waals surface area contributed by atoms with Crippen molar-refractivity contribution in [2.45, 2.75) is 50.7 Å². The van der Waals surface area contributed by atoms with E-state index in [2.05, 4.69) is 44.1 Å². The van der Waals surface area contributed by atoms with E-state index in [0.717, 1.165) is 24.3 Å². The van der Waals surface area contributed by atoms with Crippen LogP contribution in [0.5, 0.6) is 0 Å². The van der Waals surface area contributed by atoms with E-state index in [4.69, 9.17) is 25.5 Å². The molecule has 1 aliphatic carbocycles. The van der Waals surface area contributed by atoms with E-state index >= 15 is 0 Å². The van der Waals surface area contributed by atoms with Crippen molar-refractivity contribution in [2.24, 2.45) is 5.73 Å². The number of carbonyl (C=O) groups is 2. The van der Waals surface area contributed by atoms with Crippen LogP contribution >= 0.6 is 0 Å². The molecule has 5 N–H and O–H groups in total. The zero-order valence-corrected chi connectivity index (χ0v) is 21.8. The lowest BCUT2D eigenvalue weighted by atomic mass is 10.1. The van der Waals surface area contributed by atoms with Crippen LogP contribution in [-0.4, -0.2) is 66.9 Å². The predicted molar refractivity (Wildman–Crippen MR) is 137 cm³/mol. The van der Waals surface area contributed by atoms with Crippen molar-refractivity contribution < 1.29 is 46.1 Å². The van der Waals surface area contributed by atoms with Gasteiger partial charge in [0.25, 0.3) is 5.56 Å². The van der Waals surface area contributed by atoms with Crippen LogP contribution in [0.2, 0.25) is 0 Å². The third-order valence-corrected chi connectivity index (χ3v) is 5.49. The Morgan fingerprint density at radius 1 is 0.905 bits per heavy atom. The summed E-state index contributed by atoms with van der Waals surface area (Å²) in [5, 5.41) is 14.2. The zero-order chi connectivity index (χ0) is 31.5. The lowest BCUT2D eigenvalue weighted by Crippen LogP contribution is -2.25. The Bertz CT molecular complexity index is 1340. The van der Waals surface area contributed by atoms with E-state index in [1.807, 2.05) is 24.5 Å². The molecule has 1 aromatic carbocycles. The molecule has 10 nitrogen and oxygen atoms in total. The number of carboxylic acids is 2. The van der Waals surface area contributed by atoms with Crippen LogP contribution in [0.4, 0.5) is 26.3 Å². The standard InChI is InChI=1S/C22H25N5O.2C2HF3O2/c23-10-7-19-13-21(28)26-22(25-19)18-3-1-16(2-4-18)14-27(20-5-6-20)15-17-8-11-24-12-9-17;2*3-2(4,5)1(6)7/h1-4,8-9,11-13,20H,5-7,10,14-15,23H2,(H,25,26,28);2*(H,6,7). The second-order valence-corrected chi connectivity index (χ2v) is 8.92. The highest BCUT2D eigenvalue weighted by molar-refractivity contribution is 5.73. The molecule has 0 spiro atoms. The molecule has 3 aromatic rings. The molecule has 2 heterocycles. The van der Waals surface area contributed by atoms with Crippen LogP contribution in [0.1, 0.15) is 29.7 Å². The van der Waals surface area contributed by atoms with Gasteiger partial charge in [0.1, 0.15) is 5.82 Å². The van der Waals surface area contributed by atoms with Crippen molar-refractivity contribution >= 4 is 11.9 Å². The van der Waals surface area contributed by atoms with Crippen LogP contribution in [0.15, 0.2) is 59.7 Å². The Kier molecular flexibility index (Phi) is 12.2. The minimum absolute atomic E-state index is 0.144. The van der Waals surface area contributed by atoms with Crippen molar-refractivity contribution in [1.29, 1.82) is 0 Å². The summed E-state index contributed by atoms with van der Waals surface area (Å²) in [7, 11) is 0. The number of H-pyrrole nitrogens is 1. The molecule has 1 aliphatic rings. The molecule has 42 heavy (non-hydrogen) atoms. The van der Waals surface area contributed by atoms with Crippen molar-refractivity contribution in [3.8, 4) is 11.4 Å². The summed E-state index contributed by atoms with van der Waals surface area (Å²) in [6, 6.07) is 14.6. The summed E-state index contributed by atoms with van der Waals surface area (Å²) in [5.74, 6) is -4.92. The maximum atomic E-state index is 11.9. The number of benzene rings is 1. The third-order valence-electron chi connectivity index (χ3n) is 5.49. The number of hydrogen-bond donors (Lipinski definition) is 4. The van der Waals surface area contributed by atoms with Gasteiger partial charge in [-0.2, -0.15) is 26.3 Å². The number of aliphatic carboxylic acids is 2. The van der Waals surface area contributed by atoms with E-state index in [-0.39, 0.29) is 5.56 Å². The first-order chi connectivity index (χ1) is 19.6. The summed E-state index contributed by atoms with van der Waals surface area (Å²) in [6.07, 6.45) is -3.34. The van der Waals surface area contributed by atoms with Gasteiger partial charge in [-0.15, -0.1) is 0 Å². The van der Waals surface area contributed by atoms with Gasteiger partial charge in [-0.1, -0.05) is 24.3 Å². The van der Waals surface area contributed by atoms with Crippen LogP contribution in [-0.2, 0) is 29.1 Å². The Balaban J connectivity index is 0.000000367. The van der Waals surface area contributed by atoms with E-state index in [1.54, 1.807) is 0 Å². The third kappa shape index (κ3) is 12.1. The van der Waals surface area contributed by atoms with Gasteiger partial charge < -0.3 is 20.9 Å². The van der Waals surface area contributed by atoms with Gasteiger partial charge in [-0.25, -0.2) is 14.6 Å². The second kappa shape index (κ2) is 15.1. The molecule has 2 aromatic heterocycles. The highest BCUT2D eigenvalue weighted by Gasteiger charge is 2.38. The Hall–Kier alpha value is -4.31. The van der Waals surface area contributed by atoms with Crippen LogP contribution < -0.4 is 11.3 Å². The molecule has 16 heteroatoms. The molecule has 0 unspecified atom stereocenters. The fraction of sp³-hybridized carbons (Fsp3) is 0.346. The molecule has 4 rings (SSSR count). The highest BCUT2D eigenvalue weighted by atomic mass is 19.4. The summed E-state index contributed by atoms with van der Waals surface area (Å²) in [6.45, 7) is 2.32. The van der Waals surface area contributed by atoms with Gasteiger partial charge in [0, 0.05) is 55.3 Å². The van der Waals surface area contributed by atoms with Crippen LogP contribution in [0, 0.1) is 0 Å². The molecule has 0 saturated heterocycles. The molecule has 1 saturated carbocycles. The summed E-state index contributed by atoms with van der Waals surface area (Å²) in [4.78, 5) is 43.6. The van der Waals surface area contributed by atoms with Gasteiger partial charge in [0.2, 0.25) is 0 Å². The Morgan fingerprint density at radius 2 is 1.38 bits per heavy atom. The zero-order valence-electron chi connectivity index (χ0n) is 21.8. The SMILES string of the molecule is NCCc1cc(=O)[nH]c(-c2ccc(CN(Cc3ccncc3)C3CC3)cc2)n1.O=C(O)C(F)(F)F.O=C(O)C(F)(F)F. The molecule has 1 fully saturated rings. The number of rotatable bonds is 8. The highest BCUT2D eigenvalue weighted by Crippen LogP contribution is 2.30. The normalized spacial score (nSPS) is 13.0. The first-order valence-corrected chi connectivity index (χ1v) is 12.2. The lowest BCUT2D eigenvalue weighted by molar-refractivity contribution is -0.193. The van der Waals surface area contributed by atoms with E-state index in [1.165, 1.54) is 30.0 Å². The minimum Gasteiger partial charge on any atom is -0.475 e. The number of nitrogens with zero attached hydrogens (tertiary/aromatic N) is 3. The number of alkyl halides is 6. The maximum Gasteiger partial charge on any atom is 0.490 e. The van der Waals surface area contributed by atoms with Crippen molar-refractivity contribution in [3.05, 3.63) is 82.0 Å². The Labute approximate surface area is 234 Å². The lowest BCUT2D eigenvalue weighted by Gasteiger charge is -2.22. The van der Waals surface area contributed by atoms with Gasteiger partial charge in [-0.3, -0.25) is 14.7 Å². The first-order valence-electron chi connectivity index (χ1n) is 12.2. The van der Waals surface area contributed by atoms with Gasteiger partial charge in [0.15, 0.2) is 0 Å². The van der Waals surface area contributed by atoms with Crippen molar-refractivity contribution in [1.82, 2.24) is 19.9 Å². The average molecular weight is 604 g/mol. The van der Waals surface area contributed by atoms with E-state index in [9.17, 15) is 31.1 Å². The molecule has 0 radical (unpaired) electrons. The second-order valence-electron chi connectivity index (χ2n) is 8.92. The van der Waals surface area contributed by atoms with Gasteiger partial charge >= 0.3 is 24.3 Å². The topological polar surface area (TPSA) is 162 Å². The maximum absolute atomic E-state index is 11.9. The minimum atomic E-state index is -5.08. The number of nitrogens with two attached hydrogens (primary N) is 1. The average Bonchev–Trinajstić information content (AvgIpc) is 3.75. The number of nitrogens with one attached hydrogen (secondary N) is 1. The molecular weight excluding hydrogens is 576 g/mol. The molecule has 0 atom stereocenters. The van der Waals surface area contributed by atoms with Crippen LogP contribution in [0.25, 0.3) is 11.4 Å². The fourth-order valence-corrected chi connectivity index (χ4v) is 3.40. The van der Waals surface area contributed by atoms with Crippen molar-refractivity contribution in [2.75, 3.05) is 6.54 Å². The summed E-state index contributed by atoms with van der Waals surface area (Å²) >= 11 is 0. The quantitative estimate of drug-likeness (QED) is 0.281.